The fourth-order valence-corrected chi connectivity index (χ4v) is 4.85. The molecule has 19 heavy (non-hydrogen) atoms. The van der Waals surface area contributed by atoms with Gasteiger partial charge in [0.1, 0.15) is 5.25 Å². The highest BCUT2D eigenvalue weighted by molar-refractivity contribution is 7.87. The molecule has 0 aromatic heterocycles. The van der Waals surface area contributed by atoms with Gasteiger partial charge in [0.2, 0.25) is 0 Å². The number of ether oxygens (including phenoxy) is 2. The lowest BCUT2D eigenvalue weighted by atomic mass is 9.93. The van der Waals surface area contributed by atoms with Crippen molar-refractivity contribution in [3.63, 3.8) is 0 Å². The van der Waals surface area contributed by atoms with Gasteiger partial charge in [0.15, 0.2) is 0 Å². The van der Waals surface area contributed by atoms with E-state index in [-0.39, 0.29) is 16.8 Å². The van der Waals surface area contributed by atoms with Crippen molar-refractivity contribution in [1.82, 2.24) is 0 Å². The third kappa shape index (κ3) is 3.17. The van der Waals surface area contributed by atoms with Crippen LogP contribution in [-0.4, -0.2) is 51.2 Å². The molecule has 2 saturated heterocycles. The second-order valence-corrected chi connectivity index (χ2v) is 7.61. The predicted octanol–water partition coefficient (Wildman–Crippen LogP) is 1.18. The predicted molar refractivity (Wildman–Crippen MR) is 71.5 cm³/mol. The molecule has 0 amide bonds. The highest BCUT2D eigenvalue weighted by Crippen LogP contribution is 2.35. The zero-order chi connectivity index (χ0) is 14.0. The van der Waals surface area contributed by atoms with Crippen molar-refractivity contribution in [3.8, 4) is 0 Å². The van der Waals surface area contributed by atoms with Gasteiger partial charge in [-0.05, 0) is 18.8 Å². The smallest absolute Gasteiger partial charge is 0.319 e. The summed E-state index contributed by atoms with van der Waals surface area (Å²) >= 11 is 0. The van der Waals surface area contributed by atoms with E-state index in [2.05, 4.69) is 0 Å². The summed E-state index contributed by atoms with van der Waals surface area (Å²) in [5.74, 6) is -1.09. The van der Waals surface area contributed by atoms with E-state index in [1.165, 1.54) is 0 Å². The lowest BCUT2D eigenvalue weighted by Gasteiger charge is -2.37. The maximum Gasteiger partial charge on any atom is 0.319 e. The molecule has 1 N–H and O–H groups in total. The van der Waals surface area contributed by atoms with Crippen LogP contribution in [0.2, 0.25) is 0 Å². The Balaban J connectivity index is 2.08. The molecule has 0 bridgehead atoms. The second kappa shape index (κ2) is 5.89. The summed E-state index contributed by atoms with van der Waals surface area (Å²) in [6.45, 7) is 5.38. The molecule has 2 aliphatic heterocycles. The van der Waals surface area contributed by atoms with E-state index in [4.69, 9.17) is 9.47 Å². The Morgan fingerprint density at radius 3 is 2.68 bits per heavy atom. The van der Waals surface area contributed by atoms with Gasteiger partial charge < -0.3 is 14.6 Å². The number of hydrogen-bond acceptors (Lipinski definition) is 4. The summed E-state index contributed by atoms with van der Waals surface area (Å²) in [6.07, 6.45) is 2.14. The third-order valence-corrected chi connectivity index (χ3v) is 6.25. The topological polar surface area (TPSA) is 72.8 Å². The van der Waals surface area contributed by atoms with E-state index < -0.39 is 22.0 Å². The Kier molecular flexibility index (Phi) is 4.63. The first-order chi connectivity index (χ1) is 8.95. The quantitative estimate of drug-likeness (QED) is 0.842. The molecule has 2 rings (SSSR count). The van der Waals surface area contributed by atoms with Crippen molar-refractivity contribution in [2.24, 2.45) is 5.92 Å². The Hall–Kier alpha value is -0.460. The summed E-state index contributed by atoms with van der Waals surface area (Å²) in [5, 5.41) is 8.36. The summed E-state index contributed by atoms with van der Waals surface area (Å²) in [4.78, 5) is 11.3. The number of carboxylic acids is 1. The van der Waals surface area contributed by atoms with E-state index >= 15 is 0 Å². The Labute approximate surface area is 116 Å². The van der Waals surface area contributed by atoms with Crippen LogP contribution in [0, 0.1) is 5.92 Å². The third-order valence-electron chi connectivity index (χ3n) is 3.94. The van der Waals surface area contributed by atoms with Crippen LogP contribution in [0.25, 0.3) is 0 Å². The highest BCUT2D eigenvalue weighted by atomic mass is 32.2. The zero-order valence-electron chi connectivity index (χ0n) is 11.5. The lowest BCUT2D eigenvalue weighted by molar-refractivity contribution is -0.137. The maximum absolute atomic E-state index is 12.6. The van der Waals surface area contributed by atoms with E-state index in [0.29, 0.717) is 32.7 Å². The Morgan fingerprint density at radius 2 is 2.16 bits per heavy atom. The van der Waals surface area contributed by atoms with Crippen LogP contribution in [-0.2, 0) is 25.1 Å². The first-order valence-corrected chi connectivity index (χ1v) is 8.07. The molecular formula is C13H22O5S. The molecule has 0 aromatic rings. The fraction of sp³-hybridized carbons (Fsp3) is 0.923. The minimum absolute atomic E-state index is 0.0982. The van der Waals surface area contributed by atoms with Gasteiger partial charge in [-0.2, -0.15) is 0 Å². The van der Waals surface area contributed by atoms with E-state index in [0.717, 1.165) is 6.42 Å². The van der Waals surface area contributed by atoms with Gasteiger partial charge in [0.05, 0.1) is 12.2 Å². The number of hydrogen-bond donors (Lipinski definition) is 1. The molecular weight excluding hydrogens is 268 g/mol. The van der Waals surface area contributed by atoms with Crippen LogP contribution >= 0.6 is 0 Å². The van der Waals surface area contributed by atoms with E-state index in [9.17, 15) is 14.1 Å². The molecule has 1 spiro atoms. The van der Waals surface area contributed by atoms with Crippen LogP contribution in [0.15, 0.2) is 0 Å². The molecule has 0 radical (unpaired) electrons. The maximum atomic E-state index is 12.6. The van der Waals surface area contributed by atoms with Gasteiger partial charge in [-0.3, -0.25) is 9.00 Å². The number of carboxylic acid groups (broad SMARTS) is 1. The van der Waals surface area contributed by atoms with Gasteiger partial charge in [-0.25, -0.2) is 0 Å². The molecule has 2 fully saturated rings. The van der Waals surface area contributed by atoms with Crippen molar-refractivity contribution in [1.29, 1.82) is 0 Å². The summed E-state index contributed by atoms with van der Waals surface area (Å²) < 4.78 is 23.7. The fourth-order valence-electron chi connectivity index (χ4n) is 2.90. The minimum atomic E-state index is -1.36. The lowest BCUT2D eigenvalue weighted by Crippen LogP contribution is -2.47. The number of aliphatic carboxylic acids is 1. The molecule has 0 saturated carbocycles. The van der Waals surface area contributed by atoms with Gasteiger partial charge in [-0.15, -0.1) is 0 Å². The van der Waals surface area contributed by atoms with Crippen molar-refractivity contribution < 1.29 is 23.6 Å². The zero-order valence-corrected chi connectivity index (χ0v) is 12.3. The molecule has 4 unspecified atom stereocenters. The van der Waals surface area contributed by atoms with Crippen LogP contribution in [0.3, 0.4) is 0 Å². The van der Waals surface area contributed by atoms with E-state index in [1.807, 2.05) is 13.8 Å². The first-order valence-electron chi connectivity index (χ1n) is 6.79. The first kappa shape index (κ1) is 14.9. The van der Waals surface area contributed by atoms with Crippen molar-refractivity contribution in [2.75, 3.05) is 19.8 Å². The van der Waals surface area contributed by atoms with Crippen LogP contribution in [0.4, 0.5) is 0 Å². The average Bonchev–Trinajstić information content (AvgIpc) is 2.76. The molecule has 2 heterocycles. The highest BCUT2D eigenvalue weighted by Gasteiger charge is 2.45. The summed E-state index contributed by atoms with van der Waals surface area (Å²) in [6, 6.07) is 0. The van der Waals surface area contributed by atoms with Gasteiger partial charge >= 0.3 is 5.97 Å². The van der Waals surface area contributed by atoms with Crippen LogP contribution < -0.4 is 0 Å². The number of carbonyl (C=O) groups is 1. The van der Waals surface area contributed by atoms with Crippen LogP contribution in [0.5, 0.6) is 0 Å². The van der Waals surface area contributed by atoms with Gasteiger partial charge in [0.25, 0.3) is 0 Å². The average molecular weight is 290 g/mol. The second-order valence-electron chi connectivity index (χ2n) is 5.78. The summed E-state index contributed by atoms with van der Waals surface area (Å²) in [7, 11) is -1.36. The van der Waals surface area contributed by atoms with E-state index in [1.54, 1.807) is 0 Å². The van der Waals surface area contributed by atoms with Crippen molar-refractivity contribution >= 4 is 16.8 Å². The normalized spacial score (nSPS) is 34.6. The molecule has 0 aromatic carbocycles. The molecule has 110 valence electrons. The standard InChI is InChI=1S/C13H22O5S/c1-9(2)11(12(14)15)19(16)10-3-5-18-13(7-10)4-6-17-8-13/h9-11H,3-8H2,1-2H3,(H,14,15). The Bertz CT molecular complexity index is 362. The minimum Gasteiger partial charge on any atom is -0.480 e. The monoisotopic (exact) mass is 290 g/mol. The summed E-state index contributed by atoms with van der Waals surface area (Å²) in [5.41, 5.74) is -0.321. The Morgan fingerprint density at radius 1 is 1.42 bits per heavy atom. The van der Waals surface area contributed by atoms with Crippen molar-refractivity contribution in [2.45, 2.75) is 49.2 Å². The van der Waals surface area contributed by atoms with Gasteiger partial charge in [0, 0.05) is 35.7 Å². The molecule has 4 atom stereocenters. The molecule has 2 aliphatic rings. The van der Waals surface area contributed by atoms with Gasteiger partial charge in [-0.1, -0.05) is 13.8 Å². The molecule has 5 nitrogen and oxygen atoms in total. The molecule has 0 aliphatic carbocycles. The SMILES string of the molecule is CC(C)C(C(=O)O)S(=O)C1CCOC2(CCOC2)C1. The van der Waals surface area contributed by atoms with Crippen molar-refractivity contribution in [3.05, 3.63) is 0 Å². The molecule has 6 heteroatoms. The number of rotatable bonds is 4. The largest absolute Gasteiger partial charge is 0.480 e. The van der Waals surface area contributed by atoms with Crippen LogP contribution in [0.1, 0.15) is 33.1 Å².